The van der Waals surface area contributed by atoms with Crippen LogP contribution < -0.4 is 14.9 Å². The lowest BCUT2D eigenvalue weighted by Gasteiger charge is -2.10. The van der Waals surface area contributed by atoms with E-state index in [1.165, 1.54) is 18.0 Å². The molecule has 1 aromatic heterocycles. The summed E-state index contributed by atoms with van der Waals surface area (Å²) >= 11 is 1.37. The van der Waals surface area contributed by atoms with Crippen LogP contribution in [0.4, 0.5) is 0 Å². The molecule has 0 aliphatic carbocycles. The second-order valence-corrected chi connectivity index (χ2v) is 6.11. The highest BCUT2D eigenvalue weighted by Gasteiger charge is 2.14. The monoisotopic (exact) mass is 345 g/mol. The molecule has 0 aliphatic rings. The van der Waals surface area contributed by atoms with Gasteiger partial charge >= 0.3 is 0 Å². The van der Waals surface area contributed by atoms with Crippen LogP contribution in [0.3, 0.4) is 0 Å². The fraction of sp³-hybridized carbons (Fsp3) is 0.235. The number of para-hydroxylation sites is 1. The summed E-state index contributed by atoms with van der Waals surface area (Å²) in [5.41, 5.74) is 3.24. The first kappa shape index (κ1) is 17.8. The lowest BCUT2D eigenvalue weighted by molar-refractivity contribution is -0.120. The van der Waals surface area contributed by atoms with Gasteiger partial charge in [-0.15, -0.1) is 0 Å². The topological polar surface area (TPSA) is 72.8 Å². The molecule has 0 radical (unpaired) electrons. The Hall–Kier alpha value is -2.54. The van der Waals surface area contributed by atoms with Gasteiger partial charge in [0.15, 0.2) is 11.5 Å². The quantitative estimate of drug-likeness (QED) is 0.474. The largest absolute Gasteiger partial charge is 0.493 e. The minimum atomic E-state index is -0.316. The van der Waals surface area contributed by atoms with E-state index in [0.717, 1.165) is 5.03 Å². The summed E-state index contributed by atoms with van der Waals surface area (Å²) in [6.45, 7) is 1.80. The van der Waals surface area contributed by atoms with E-state index in [9.17, 15) is 4.79 Å². The van der Waals surface area contributed by atoms with Gasteiger partial charge in [0.1, 0.15) is 0 Å². The molecule has 1 heterocycles. The Bertz CT molecular complexity index is 707. The number of methoxy groups -OCH3 is 2. The molecule has 0 spiro atoms. The van der Waals surface area contributed by atoms with E-state index in [2.05, 4.69) is 15.5 Å². The van der Waals surface area contributed by atoms with Gasteiger partial charge in [0, 0.05) is 11.8 Å². The zero-order valence-corrected chi connectivity index (χ0v) is 14.5. The molecular formula is C17H19N3O3S. The van der Waals surface area contributed by atoms with Crippen LogP contribution in [0.5, 0.6) is 11.5 Å². The van der Waals surface area contributed by atoms with E-state index in [1.807, 2.05) is 30.3 Å². The van der Waals surface area contributed by atoms with Crippen LogP contribution in [0.1, 0.15) is 12.5 Å². The summed E-state index contributed by atoms with van der Waals surface area (Å²) in [6.07, 6.45) is 3.22. The maximum atomic E-state index is 12.1. The Balaban J connectivity index is 1.97. The van der Waals surface area contributed by atoms with E-state index < -0.39 is 0 Å². The lowest BCUT2D eigenvalue weighted by atomic mass is 10.2. The van der Waals surface area contributed by atoms with Gasteiger partial charge in [-0.1, -0.05) is 23.9 Å². The molecule has 0 bridgehead atoms. The lowest BCUT2D eigenvalue weighted by Crippen LogP contribution is -2.26. The number of hydrogen-bond acceptors (Lipinski definition) is 6. The second-order valence-electron chi connectivity index (χ2n) is 4.75. The molecule has 1 aromatic carbocycles. The van der Waals surface area contributed by atoms with Crippen molar-refractivity contribution in [2.75, 3.05) is 14.2 Å². The first-order valence-electron chi connectivity index (χ1n) is 7.27. The third-order valence-electron chi connectivity index (χ3n) is 3.12. The Morgan fingerprint density at radius 2 is 2.08 bits per heavy atom. The highest BCUT2D eigenvalue weighted by atomic mass is 32.2. The summed E-state index contributed by atoms with van der Waals surface area (Å²) in [5, 5.41) is 4.47. The molecule has 24 heavy (non-hydrogen) atoms. The summed E-state index contributed by atoms with van der Waals surface area (Å²) < 4.78 is 10.5. The van der Waals surface area contributed by atoms with Crippen LogP contribution in [0.15, 0.2) is 52.7 Å². The van der Waals surface area contributed by atoms with Crippen molar-refractivity contribution in [2.45, 2.75) is 17.2 Å². The minimum Gasteiger partial charge on any atom is -0.493 e. The molecule has 0 saturated carbocycles. The number of aromatic nitrogens is 1. The number of nitrogens with zero attached hydrogens (tertiary/aromatic N) is 2. The molecule has 1 amide bonds. The molecule has 2 rings (SSSR count). The minimum absolute atomic E-state index is 0.205. The van der Waals surface area contributed by atoms with E-state index in [0.29, 0.717) is 17.1 Å². The zero-order chi connectivity index (χ0) is 17.4. The summed E-state index contributed by atoms with van der Waals surface area (Å²) in [4.78, 5) is 16.3. The van der Waals surface area contributed by atoms with Crippen LogP contribution in [0, 0.1) is 0 Å². The van der Waals surface area contributed by atoms with Crippen molar-refractivity contribution in [1.82, 2.24) is 10.4 Å². The number of thioether (sulfide) groups is 1. The number of ether oxygens (including phenoxy) is 2. The van der Waals surface area contributed by atoms with Gasteiger partial charge in [0.25, 0.3) is 5.91 Å². The van der Waals surface area contributed by atoms with Gasteiger partial charge in [-0.05, 0) is 31.2 Å². The third-order valence-corrected chi connectivity index (χ3v) is 4.17. The van der Waals surface area contributed by atoms with Gasteiger partial charge in [-0.3, -0.25) is 4.79 Å². The first-order valence-corrected chi connectivity index (χ1v) is 8.15. The molecule has 2 aromatic rings. The van der Waals surface area contributed by atoms with Crippen molar-refractivity contribution in [3.63, 3.8) is 0 Å². The Kier molecular flexibility index (Phi) is 6.62. The van der Waals surface area contributed by atoms with Crippen LogP contribution in [0.2, 0.25) is 0 Å². The number of carbonyl (C=O) groups excluding carboxylic acids is 1. The SMILES string of the molecule is COc1cccc(/C=N\NC(=O)[C@H](C)Sc2ccccn2)c1OC. The van der Waals surface area contributed by atoms with Gasteiger partial charge in [0.05, 0.1) is 30.7 Å². The zero-order valence-electron chi connectivity index (χ0n) is 13.7. The van der Waals surface area contributed by atoms with Gasteiger partial charge in [0.2, 0.25) is 0 Å². The number of hydrazone groups is 1. The van der Waals surface area contributed by atoms with Crippen molar-refractivity contribution in [2.24, 2.45) is 5.10 Å². The van der Waals surface area contributed by atoms with E-state index in [-0.39, 0.29) is 11.2 Å². The van der Waals surface area contributed by atoms with E-state index in [4.69, 9.17) is 9.47 Å². The molecule has 6 nitrogen and oxygen atoms in total. The van der Waals surface area contributed by atoms with Gasteiger partial charge in [-0.25, -0.2) is 10.4 Å². The summed E-state index contributed by atoms with van der Waals surface area (Å²) in [7, 11) is 3.12. The molecule has 126 valence electrons. The maximum absolute atomic E-state index is 12.1. The average molecular weight is 345 g/mol. The van der Waals surface area contributed by atoms with E-state index >= 15 is 0 Å². The van der Waals surface area contributed by atoms with E-state index in [1.54, 1.807) is 33.4 Å². The summed E-state index contributed by atoms with van der Waals surface area (Å²) in [6, 6.07) is 11.0. The molecular weight excluding hydrogens is 326 g/mol. The number of amides is 1. The van der Waals surface area contributed by atoms with Gasteiger partial charge in [-0.2, -0.15) is 5.10 Å². The van der Waals surface area contributed by atoms with Gasteiger partial charge < -0.3 is 9.47 Å². The Labute approximate surface area is 145 Å². The van der Waals surface area contributed by atoms with Crippen molar-refractivity contribution in [3.8, 4) is 11.5 Å². The van der Waals surface area contributed by atoms with Crippen LogP contribution >= 0.6 is 11.8 Å². The molecule has 0 aliphatic heterocycles. The molecule has 0 saturated heterocycles. The Morgan fingerprint density at radius 1 is 1.25 bits per heavy atom. The fourth-order valence-electron chi connectivity index (χ4n) is 1.92. The van der Waals surface area contributed by atoms with Crippen molar-refractivity contribution in [1.29, 1.82) is 0 Å². The highest BCUT2D eigenvalue weighted by Crippen LogP contribution is 2.29. The van der Waals surface area contributed by atoms with Crippen LogP contribution in [0.25, 0.3) is 0 Å². The molecule has 7 heteroatoms. The van der Waals surface area contributed by atoms with Crippen molar-refractivity contribution >= 4 is 23.9 Å². The predicted octanol–water partition coefficient (Wildman–Crippen LogP) is 2.73. The first-order chi connectivity index (χ1) is 11.7. The summed E-state index contributed by atoms with van der Waals surface area (Å²) in [5.74, 6) is 0.963. The average Bonchev–Trinajstić information content (AvgIpc) is 2.62. The molecule has 1 atom stereocenters. The number of benzene rings is 1. The molecule has 0 unspecified atom stereocenters. The van der Waals surface area contributed by atoms with Crippen molar-refractivity contribution in [3.05, 3.63) is 48.2 Å². The number of hydrogen-bond donors (Lipinski definition) is 1. The highest BCUT2D eigenvalue weighted by molar-refractivity contribution is 8.00. The van der Waals surface area contributed by atoms with Crippen LogP contribution in [-0.2, 0) is 4.79 Å². The second kappa shape index (κ2) is 8.93. The number of rotatable bonds is 7. The number of pyridine rings is 1. The smallest absolute Gasteiger partial charge is 0.253 e. The molecule has 0 fully saturated rings. The Morgan fingerprint density at radius 3 is 2.75 bits per heavy atom. The molecule has 1 N–H and O–H groups in total. The van der Waals surface area contributed by atoms with Crippen LogP contribution in [-0.4, -0.2) is 36.6 Å². The predicted molar refractivity (Wildman–Crippen MR) is 94.8 cm³/mol. The number of carbonyl (C=O) groups is 1. The van der Waals surface area contributed by atoms with Crippen molar-refractivity contribution < 1.29 is 14.3 Å². The maximum Gasteiger partial charge on any atom is 0.253 e. The normalized spacial score (nSPS) is 12.0. The third kappa shape index (κ3) is 4.73. The fourth-order valence-corrected chi connectivity index (χ4v) is 2.72. The standard InChI is InChI=1S/C17H19N3O3S/c1-12(24-15-9-4-5-10-18-15)17(21)20-19-11-13-7-6-8-14(22-2)16(13)23-3/h4-12H,1-3H3,(H,20,21)/b19-11-/t12-/m0/s1. The number of nitrogens with one attached hydrogen (secondary N) is 1.